The lowest BCUT2D eigenvalue weighted by atomic mass is 9.35. The molecule has 2 atom stereocenters. The number of aliphatic imine (C=N–C) groups is 2. The summed E-state index contributed by atoms with van der Waals surface area (Å²) in [5.74, 6) is 2.32. The number of carbonyl (C=O) groups is 2. The van der Waals surface area contributed by atoms with Gasteiger partial charge in [0.2, 0.25) is 0 Å². The first-order valence-corrected chi connectivity index (χ1v) is 17.7. The smallest absolute Gasteiger partial charge is 0.257 e. The van der Waals surface area contributed by atoms with Crippen LogP contribution in [0.4, 0.5) is 11.4 Å². The molecule has 1 saturated heterocycles. The zero-order chi connectivity index (χ0) is 33.8. The quantitative estimate of drug-likeness (QED) is 0.278. The number of nitrogens with zero attached hydrogens (tertiary/aromatic N) is 4. The summed E-state index contributed by atoms with van der Waals surface area (Å²) in [6, 6.07) is 15.6. The van der Waals surface area contributed by atoms with E-state index in [1.165, 1.54) is 24.0 Å². The van der Waals surface area contributed by atoms with Gasteiger partial charge in [-0.05, 0) is 73.6 Å². The molecule has 4 aliphatic carbocycles. The molecule has 10 heteroatoms. The standard InChI is InChI=1S/C40H40N4O6/c1-47-32-10-28-30(41-15-26-9-24-5-3-4-6-25(24)17-43(26)36(28)45)12-34(32)49-22-39-18-40(19-39,20-39)23-50-35-13-31-29(11-33(35)48-2)37(46)44-21-38(7-8-38)14-27(44)16-42-31/h3-6,10-13,15-16,26-27H,7-9,14,17-23H2,1-2H3/t26-,27-,39?,40?/m0/s1. The van der Waals surface area contributed by atoms with Gasteiger partial charge in [0.05, 0.1) is 62.0 Å². The first-order chi connectivity index (χ1) is 24.3. The monoisotopic (exact) mass is 672 g/mol. The van der Waals surface area contributed by atoms with Crippen LogP contribution >= 0.6 is 0 Å². The second-order valence-electron chi connectivity index (χ2n) is 15.9. The van der Waals surface area contributed by atoms with Crippen molar-refractivity contribution in [1.82, 2.24) is 9.80 Å². The summed E-state index contributed by atoms with van der Waals surface area (Å²) < 4.78 is 24.3. The minimum Gasteiger partial charge on any atom is -0.493 e. The van der Waals surface area contributed by atoms with Crippen LogP contribution in [0.25, 0.3) is 0 Å². The average molecular weight is 673 g/mol. The molecular weight excluding hydrogens is 632 g/mol. The molecule has 10 nitrogen and oxygen atoms in total. The van der Waals surface area contributed by atoms with Crippen LogP contribution in [-0.2, 0) is 13.0 Å². The van der Waals surface area contributed by atoms with E-state index in [-0.39, 0.29) is 34.7 Å². The van der Waals surface area contributed by atoms with Gasteiger partial charge in [-0.2, -0.15) is 0 Å². The average Bonchev–Trinajstić information content (AvgIpc) is 3.81. The predicted molar refractivity (Wildman–Crippen MR) is 187 cm³/mol. The van der Waals surface area contributed by atoms with Crippen LogP contribution in [-0.4, -0.2) is 80.1 Å². The van der Waals surface area contributed by atoms with Crippen molar-refractivity contribution in [3.63, 3.8) is 0 Å². The third kappa shape index (κ3) is 4.59. The Balaban J connectivity index is 0.798. The maximum absolute atomic E-state index is 13.7. The van der Waals surface area contributed by atoms with E-state index in [1.54, 1.807) is 26.4 Å². The second kappa shape index (κ2) is 10.6. The van der Waals surface area contributed by atoms with Crippen LogP contribution < -0.4 is 18.9 Å². The molecule has 8 aliphatic rings. The number of ether oxygens (including phenoxy) is 4. The number of fused-ring (bicyclic) bond motifs is 5. The molecule has 3 aromatic carbocycles. The van der Waals surface area contributed by atoms with E-state index in [0.717, 1.165) is 38.6 Å². The van der Waals surface area contributed by atoms with Crippen molar-refractivity contribution in [3.8, 4) is 23.0 Å². The second-order valence-corrected chi connectivity index (χ2v) is 15.9. The highest BCUT2D eigenvalue weighted by molar-refractivity contribution is 6.04. The van der Waals surface area contributed by atoms with Gasteiger partial charge in [0.15, 0.2) is 23.0 Å². The lowest BCUT2D eigenvalue weighted by molar-refractivity contribution is -0.232. The third-order valence-electron chi connectivity index (χ3n) is 12.4. The van der Waals surface area contributed by atoms with E-state index in [4.69, 9.17) is 28.9 Å². The number of hydrogen-bond acceptors (Lipinski definition) is 8. The van der Waals surface area contributed by atoms with Gasteiger partial charge >= 0.3 is 0 Å². The summed E-state index contributed by atoms with van der Waals surface area (Å²) in [6.45, 7) is 2.51. The minimum absolute atomic E-state index is 0.0313. The Morgan fingerprint density at radius 1 is 0.720 bits per heavy atom. The molecule has 50 heavy (non-hydrogen) atoms. The molecule has 256 valence electrons. The molecular formula is C40H40N4O6. The van der Waals surface area contributed by atoms with Gasteiger partial charge in [0, 0.05) is 48.5 Å². The Morgan fingerprint density at radius 2 is 1.28 bits per heavy atom. The number of benzene rings is 3. The molecule has 3 aromatic rings. The van der Waals surface area contributed by atoms with Gasteiger partial charge in [0.1, 0.15) is 0 Å². The Bertz CT molecular complexity index is 2010. The summed E-state index contributed by atoms with van der Waals surface area (Å²) in [6.07, 6.45) is 11.0. The zero-order valence-electron chi connectivity index (χ0n) is 28.4. The molecule has 5 fully saturated rings. The van der Waals surface area contributed by atoms with Crippen LogP contribution in [0.1, 0.15) is 70.4 Å². The number of carbonyl (C=O) groups excluding carboxylic acids is 2. The molecule has 0 aromatic heterocycles. The Kier molecular flexibility index (Phi) is 6.35. The molecule has 0 radical (unpaired) electrons. The van der Waals surface area contributed by atoms with E-state index in [1.807, 2.05) is 46.5 Å². The van der Waals surface area contributed by atoms with Crippen molar-refractivity contribution in [2.24, 2.45) is 26.2 Å². The van der Waals surface area contributed by atoms with Crippen molar-refractivity contribution in [2.75, 3.05) is 34.0 Å². The minimum atomic E-state index is -0.0899. The third-order valence-corrected chi connectivity index (χ3v) is 12.4. The Hall–Kier alpha value is -4.86. The van der Waals surface area contributed by atoms with Crippen molar-refractivity contribution in [2.45, 2.75) is 63.6 Å². The number of amides is 2. The maximum Gasteiger partial charge on any atom is 0.257 e. The lowest BCUT2D eigenvalue weighted by Gasteiger charge is -2.70. The first kappa shape index (κ1) is 30.0. The molecule has 0 N–H and O–H groups in total. The van der Waals surface area contributed by atoms with Crippen LogP contribution in [0.3, 0.4) is 0 Å². The summed E-state index contributed by atoms with van der Waals surface area (Å²) >= 11 is 0. The van der Waals surface area contributed by atoms with Crippen LogP contribution in [0.5, 0.6) is 23.0 Å². The van der Waals surface area contributed by atoms with E-state index in [2.05, 4.69) is 12.1 Å². The SMILES string of the molecule is COc1cc2c(cc1OCC13CC(COc4cc5c(cc4OC)C(=O)N4CC6(CC6)C[C@H]4C=N5)(C1)C3)N=C[C@@H]1Cc3ccccc3CN1C2=O. The normalized spacial score (nSPS) is 28.6. The number of hydrogen-bond donors (Lipinski definition) is 0. The maximum atomic E-state index is 13.7. The highest BCUT2D eigenvalue weighted by Gasteiger charge is 2.68. The van der Waals surface area contributed by atoms with Crippen molar-refractivity contribution < 1.29 is 28.5 Å². The highest BCUT2D eigenvalue weighted by atomic mass is 16.5. The Labute approximate surface area is 291 Å². The number of rotatable bonds is 8. The van der Waals surface area contributed by atoms with Gasteiger partial charge in [-0.25, -0.2) is 0 Å². The molecule has 0 unspecified atom stereocenters. The topological polar surface area (TPSA) is 102 Å². The van der Waals surface area contributed by atoms with Gasteiger partial charge in [-0.3, -0.25) is 19.6 Å². The van der Waals surface area contributed by atoms with Crippen molar-refractivity contribution in [3.05, 3.63) is 70.8 Å². The molecule has 4 heterocycles. The fourth-order valence-corrected chi connectivity index (χ4v) is 9.73. The van der Waals surface area contributed by atoms with E-state index in [0.29, 0.717) is 70.7 Å². The molecule has 2 bridgehead atoms. The van der Waals surface area contributed by atoms with Gasteiger partial charge < -0.3 is 28.7 Å². The molecule has 1 spiro atoms. The van der Waals surface area contributed by atoms with Crippen molar-refractivity contribution in [1.29, 1.82) is 0 Å². The molecule has 2 amide bonds. The molecule has 11 rings (SSSR count). The van der Waals surface area contributed by atoms with Crippen LogP contribution in [0, 0.1) is 16.2 Å². The first-order valence-electron chi connectivity index (χ1n) is 17.7. The summed E-state index contributed by atoms with van der Waals surface area (Å²) in [7, 11) is 3.23. The van der Waals surface area contributed by atoms with E-state index >= 15 is 0 Å². The van der Waals surface area contributed by atoms with Gasteiger partial charge in [0.25, 0.3) is 11.8 Å². The van der Waals surface area contributed by atoms with Crippen LogP contribution in [0.2, 0.25) is 0 Å². The van der Waals surface area contributed by atoms with Crippen LogP contribution in [0.15, 0.2) is 58.5 Å². The van der Waals surface area contributed by atoms with Crippen molar-refractivity contribution >= 4 is 35.6 Å². The fourth-order valence-electron chi connectivity index (χ4n) is 9.73. The Morgan fingerprint density at radius 3 is 1.86 bits per heavy atom. The lowest BCUT2D eigenvalue weighted by Crippen LogP contribution is -2.66. The summed E-state index contributed by atoms with van der Waals surface area (Å²) in [5, 5.41) is 0. The highest BCUT2D eigenvalue weighted by Crippen LogP contribution is 2.73. The van der Waals surface area contributed by atoms with E-state index in [9.17, 15) is 9.59 Å². The van der Waals surface area contributed by atoms with Gasteiger partial charge in [-0.1, -0.05) is 24.3 Å². The zero-order valence-corrected chi connectivity index (χ0v) is 28.4. The largest absolute Gasteiger partial charge is 0.493 e. The molecule has 4 saturated carbocycles. The summed E-state index contributed by atoms with van der Waals surface area (Å²) in [5.41, 5.74) is 5.31. The predicted octanol–water partition coefficient (Wildman–Crippen LogP) is 6.33. The van der Waals surface area contributed by atoms with Gasteiger partial charge in [-0.15, -0.1) is 0 Å². The number of methoxy groups -OCH3 is 2. The summed E-state index contributed by atoms with van der Waals surface area (Å²) in [4.78, 5) is 40.7. The molecule has 4 aliphatic heterocycles. The van der Waals surface area contributed by atoms with E-state index < -0.39 is 0 Å². The fraction of sp³-hybridized carbons (Fsp3) is 0.450.